The lowest BCUT2D eigenvalue weighted by atomic mass is 10.0. The first-order chi connectivity index (χ1) is 4.84. The normalized spacial score (nSPS) is 33.3. The summed E-state index contributed by atoms with van der Waals surface area (Å²) in [6.07, 6.45) is 8.38. The van der Waals surface area contributed by atoms with Crippen molar-refractivity contribution >= 4 is 22.2 Å². The van der Waals surface area contributed by atoms with Crippen LogP contribution in [0.25, 0.3) is 0 Å². The molecular formula is C8H11BrO. The number of rotatable bonds is 1. The number of halogens is 1. The number of carbonyl (C=O) groups excluding carboxylic acids is 1. The number of hydrogen-bond donors (Lipinski definition) is 0. The minimum atomic E-state index is 0.193. The Morgan fingerprint density at radius 2 is 2.30 bits per heavy atom. The molecule has 0 bridgehead atoms. The highest BCUT2D eigenvalue weighted by Gasteiger charge is 2.17. The molecular weight excluding hydrogens is 192 g/mol. The first kappa shape index (κ1) is 7.99. The average Bonchev–Trinajstić information content (AvgIpc) is 2.13. The molecule has 0 saturated carbocycles. The molecule has 0 aliphatic heterocycles. The maximum absolute atomic E-state index is 10.5. The van der Waals surface area contributed by atoms with Gasteiger partial charge >= 0.3 is 0 Å². The maximum Gasteiger partial charge on any atom is 0.124 e. The zero-order valence-corrected chi connectivity index (χ0v) is 7.38. The third-order valence-electron chi connectivity index (χ3n) is 1.82. The smallest absolute Gasteiger partial charge is 0.124 e. The van der Waals surface area contributed by atoms with E-state index in [0.29, 0.717) is 4.83 Å². The van der Waals surface area contributed by atoms with Gasteiger partial charge in [0, 0.05) is 10.7 Å². The van der Waals surface area contributed by atoms with Crippen molar-refractivity contribution in [2.24, 2.45) is 5.92 Å². The van der Waals surface area contributed by atoms with Crippen LogP contribution in [0, 0.1) is 5.92 Å². The molecule has 0 aromatic heterocycles. The molecule has 0 saturated heterocycles. The van der Waals surface area contributed by atoms with Gasteiger partial charge in [-0.25, -0.2) is 0 Å². The summed E-state index contributed by atoms with van der Waals surface area (Å²) in [7, 11) is 0. The van der Waals surface area contributed by atoms with E-state index in [-0.39, 0.29) is 5.92 Å². The van der Waals surface area contributed by atoms with Crippen LogP contribution in [0.4, 0.5) is 0 Å². The largest absolute Gasteiger partial charge is 0.303 e. The molecule has 0 N–H and O–H groups in total. The maximum atomic E-state index is 10.5. The van der Waals surface area contributed by atoms with Gasteiger partial charge in [0.05, 0.1) is 0 Å². The zero-order valence-electron chi connectivity index (χ0n) is 5.79. The van der Waals surface area contributed by atoms with Crippen LogP contribution in [0.5, 0.6) is 0 Å². The minimum Gasteiger partial charge on any atom is -0.303 e. The van der Waals surface area contributed by atoms with Crippen LogP contribution in [0.2, 0.25) is 0 Å². The predicted octanol–water partition coefficient (Wildman–Crippen LogP) is 2.31. The molecule has 0 aromatic rings. The highest BCUT2D eigenvalue weighted by atomic mass is 79.9. The lowest BCUT2D eigenvalue weighted by Crippen LogP contribution is -2.13. The fourth-order valence-corrected chi connectivity index (χ4v) is 1.73. The molecule has 56 valence electrons. The zero-order chi connectivity index (χ0) is 7.40. The number of alkyl halides is 1. The lowest BCUT2D eigenvalue weighted by molar-refractivity contribution is -0.110. The molecule has 0 amide bonds. The van der Waals surface area contributed by atoms with Gasteiger partial charge < -0.3 is 4.79 Å². The molecule has 2 unspecified atom stereocenters. The molecule has 2 heteroatoms. The Hall–Kier alpha value is -0.110. The van der Waals surface area contributed by atoms with Gasteiger partial charge in [-0.3, -0.25) is 0 Å². The minimum absolute atomic E-state index is 0.193. The second-order valence-electron chi connectivity index (χ2n) is 2.60. The van der Waals surface area contributed by atoms with Crippen LogP contribution < -0.4 is 0 Å². The van der Waals surface area contributed by atoms with Gasteiger partial charge in [0.2, 0.25) is 0 Å². The molecule has 0 heterocycles. The van der Waals surface area contributed by atoms with Crippen LogP contribution in [-0.2, 0) is 4.79 Å². The average molecular weight is 203 g/mol. The Labute approximate surface area is 69.6 Å². The van der Waals surface area contributed by atoms with Gasteiger partial charge in [-0.1, -0.05) is 28.1 Å². The second-order valence-corrected chi connectivity index (χ2v) is 3.78. The van der Waals surface area contributed by atoms with Gasteiger partial charge in [0.1, 0.15) is 6.29 Å². The van der Waals surface area contributed by atoms with Crippen LogP contribution in [0.15, 0.2) is 12.2 Å². The Bertz CT molecular complexity index is 142. The summed E-state index contributed by atoms with van der Waals surface area (Å²) in [5.74, 6) is 0.193. The Morgan fingerprint density at radius 1 is 1.50 bits per heavy atom. The summed E-state index contributed by atoms with van der Waals surface area (Å²) in [5, 5.41) is 0. The van der Waals surface area contributed by atoms with Crippen molar-refractivity contribution in [2.45, 2.75) is 24.1 Å². The second kappa shape index (κ2) is 3.91. The van der Waals surface area contributed by atoms with E-state index in [4.69, 9.17) is 0 Å². The summed E-state index contributed by atoms with van der Waals surface area (Å²) in [6, 6.07) is 0. The highest BCUT2D eigenvalue weighted by Crippen LogP contribution is 2.23. The molecule has 1 rings (SSSR count). The van der Waals surface area contributed by atoms with E-state index in [1.165, 1.54) is 0 Å². The first-order valence-corrected chi connectivity index (χ1v) is 4.50. The topological polar surface area (TPSA) is 17.1 Å². The van der Waals surface area contributed by atoms with E-state index >= 15 is 0 Å². The fraction of sp³-hybridized carbons (Fsp3) is 0.625. The van der Waals surface area contributed by atoms with E-state index < -0.39 is 0 Å². The van der Waals surface area contributed by atoms with Gasteiger partial charge in [0.15, 0.2) is 0 Å². The van der Waals surface area contributed by atoms with Crippen molar-refractivity contribution in [1.82, 2.24) is 0 Å². The number of aldehydes is 1. The van der Waals surface area contributed by atoms with E-state index in [0.717, 1.165) is 25.5 Å². The summed E-state index contributed by atoms with van der Waals surface area (Å²) >= 11 is 3.49. The molecule has 1 aliphatic rings. The van der Waals surface area contributed by atoms with Gasteiger partial charge in [-0.15, -0.1) is 0 Å². The Kier molecular flexibility index (Phi) is 3.13. The number of allylic oxidation sites excluding steroid dienone is 2. The number of hydrogen-bond acceptors (Lipinski definition) is 1. The van der Waals surface area contributed by atoms with E-state index in [1.807, 2.05) is 0 Å². The van der Waals surface area contributed by atoms with Crippen molar-refractivity contribution in [3.63, 3.8) is 0 Å². The highest BCUT2D eigenvalue weighted by molar-refractivity contribution is 9.09. The lowest BCUT2D eigenvalue weighted by Gasteiger charge is -2.11. The molecule has 0 fully saturated rings. The molecule has 1 nitrogen and oxygen atoms in total. The monoisotopic (exact) mass is 202 g/mol. The summed E-state index contributed by atoms with van der Waals surface area (Å²) < 4.78 is 0. The molecule has 10 heavy (non-hydrogen) atoms. The van der Waals surface area contributed by atoms with E-state index in [1.54, 1.807) is 0 Å². The van der Waals surface area contributed by atoms with Crippen molar-refractivity contribution in [1.29, 1.82) is 0 Å². The predicted molar refractivity (Wildman–Crippen MR) is 45.3 cm³/mol. The van der Waals surface area contributed by atoms with Crippen molar-refractivity contribution in [3.05, 3.63) is 12.2 Å². The molecule has 0 radical (unpaired) electrons. The molecule has 1 aliphatic carbocycles. The summed E-state index contributed by atoms with van der Waals surface area (Å²) in [4.78, 5) is 10.8. The molecule has 0 aromatic carbocycles. The number of carbonyl (C=O) groups is 1. The summed E-state index contributed by atoms with van der Waals surface area (Å²) in [5.41, 5.74) is 0. The van der Waals surface area contributed by atoms with Gasteiger partial charge in [-0.2, -0.15) is 0 Å². The third kappa shape index (κ3) is 1.94. The molecule has 0 spiro atoms. The first-order valence-electron chi connectivity index (χ1n) is 3.59. The van der Waals surface area contributed by atoms with Crippen molar-refractivity contribution in [2.75, 3.05) is 0 Å². The van der Waals surface area contributed by atoms with Crippen molar-refractivity contribution in [3.8, 4) is 0 Å². The van der Waals surface area contributed by atoms with Gasteiger partial charge in [-0.05, 0) is 19.3 Å². The van der Waals surface area contributed by atoms with Crippen LogP contribution in [0.1, 0.15) is 19.3 Å². The SMILES string of the molecule is O=CC1CC=CCCC1Br. The third-order valence-corrected chi connectivity index (χ3v) is 2.96. The summed E-state index contributed by atoms with van der Waals surface area (Å²) in [6.45, 7) is 0. The Balaban J connectivity index is 2.52. The quantitative estimate of drug-likeness (QED) is 0.363. The van der Waals surface area contributed by atoms with E-state index in [9.17, 15) is 4.79 Å². The molecule has 2 atom stereocenters. The standard InChI is InChI=1S/C8H11BrO/c9-8-5-3-1-2-4-7(8)6-10/h1-2,6-8H,3-5H2. The van der Waals surface area contributed by atoms with Crippen LogP contribution in [-0.4, -0.2) is 11.1 Å². The Morgan fingerprint density at radius 3 is 3.00 bits per heavy atom. The van der Waals surface area contributed by atoms with Crippen LogP contribution in [0.3, 0.4) is 0 Å². The fourth-order valence-electron chi connectivity index (χ4n) is 1.13. The van der Waals surface area contributed by atoms with Crippen molar-refractivity contribution < 1.29 is 4.79 Å². The van der Waals surface area contributed by atoms with Gasteiger partial charge in [0.25, 0.3) is 0 Å². The van der Waals surface area contributed by atoms with Crippen LogP contribution >= 0.6 is 15.9 Å². The van der Waals surface area contributed by atoms with E-state index in [2.05, 4.69) is 28.1 Å².